The number of alkyl halides is 3. The van der Waals surface area contributed by atoms with Gasteiger partial charge in [0.1, 0.15) is 17.3 Å². The summed E-state index contributed by atoms with van der Waals surface area (Å²) >= 11 is 0. The summed E-state index contributed by atoms with van der Waals surface area (Å²) in [5.41, 5.74) is 1.43. The van der Waals surface area contributed by atoms with Crippen LogP contribution in [0.2, 0.25) is 0 Å². The number of halogens is 3. The first-order valence-electron chi connectivity index (χ1n) is 11.5. The lowest BCUT2D eigenvalue weighted by Gasteiger charge is -2.24. The molecule has 0 radical (unpaired) electrons. The Morgan fingerprint density at radius 1 is 1.03 bits per heavy atom. The maximum Gasteiger partial charge on any atom is 0.416 e. The van der Waals surface area contributed by atoms with E-state index >= 15 is 0 Å². The highest BCUT2D eigenvalue weighted by molar-refractivity contribution is 6.03. The van der Waals surface area contributed by atoms with Crippen molar-refractivity contribution in [2.75, 3.05) is 10.2 Å². The summed E-state index contributed by atoms with van der Waals surface area (Å²) in [4.78, 5) is 28.2. The molecule has 182 valence electrons. The molecule has 0 bridgehead atoms. The standard InChI is InChI=1S/C26H20F3N5O2/c27-26(28,29)16-5-1-4-15(12-16)19-11-10-18-17-6-2-8-21(17)34(24(18)32-19)25(35)33-23-9-3-7-20(31-23)22-13-30-14-36-22/h1,3-5,7,9-14,17,21H,2,6,8H2,(H,31,33,35). The lowest BCUT2D eigenvalue weighted by molar-refractivity contribution is -0.137. The summed E-state index contributed by atoms with van der Waals surface area (Å²) in [5.74, 6) is 1.43. The highest BCUT2D eigenvalue weighted by Crippen LogP contribution is 2.49. The molecule has 4 aromatic rings. The molecule has 1 aromatic carbocycles. The number of urea groups is 1. The van der Waals surface area contributed by atoms with Crippen molar-refractivity contribution in [2.24, 2.45) is 0 Å². The van der Waals surface area contributed by atoms with Crippen molar-refractivity contribution in [3.63, 3.8) is 0 Å². The molecule has 1 aliphatic heterocycles. The Bertz CT molecular complexity index is 1440. The van der Waals surface area contributed by atoms with Crippen LogP contribution in [0.4, 0.5) is 29.6 Å². The molecule has 4 heterocycles. The highest BCUT2D eigenvalue weighted by atomic mass is 19.4. The largest absolute Gasteiger partial charge is 0.442 e. The maximum absolute atomic E-state index is 13.5. The zero-order valence-electron chi connectivity index (χ0n) is 18.9. The lowest BCUT2D eigenvalue weighted by atomic mass is 9.98. The minimum Gasteiger partial charge on any atom is -0.442 e. The molecular formula is C26H20F3N5O2. The Balaban J connectivity index is 1.34. The number of carbonyl (C=O) groups excluding carboxylic acids is 1. The van der Waals surface area contributed by atoms with E-state index in [1.54, 1.807) is 35.2 Å². The van der Waals surface area contributed by atoms with E-state index in [-0.39, 0.29) is 18.0 Å². The summed E-state index contributed by atoms with van der Waals surface area (Å²) in [6.07, 6.45) is 1.10. The highest BCUT2D eigenvalue weighted by Gasteiger charge is 2.45. The molecule has 2 amide bonds. The smallest absolute Gasteiger partial charge is 0.416 e. The number of anilines is 2. The number of aromatic nitrogens is 3. The van der Waals surface area contributed by atoms with Crippen LogP contribution in [0.1, 0.15) is 36.3 Å². The van der Waals surface area contributed by atoms with Crippen LogP contribution in [-0.4, -0.2) is 27.0 Å². The third-order valence-corrected chi connectivity index (χ3v) is 6.72. The molecule has 1 aliphatic carbocycles. The van der Waals surface area contributed by atoms with Crippen LogP contribution in [-0.2, 0) is 6.18 Å². The number of fused-ring (bicyclic) bond motifs is 3. The van der Waals surface area contributed by atoms with Crippen molar-refractivity contribution in [1.82, 2.24) is 15.0 Å². The third kappa shape index (κ3) is 3.88. The molecule has 1 N–H and O–H groups in total. The SMILES string of the molecule is O=C(Nc1cccc(-c2cnco2)n1)N1c2nc(-c3cccc(C(F)(F)F)c3)ccc2C2CCCC21. The second kappa shape index (κ2) is 8.47. The van der Waals surface area contributed by atoms with E-state index < -0.39 is 11.7 Å². The number of hydrogen-bond donors (Lipinski definition) is 1. The summed E-state index contributed by atoms with van der Waals surface area (Å²) in [7, 11) is 0. The zero-order chi connectivity index (χ0) is 24.9. The average molecular weight is 491 g/mol. The van der Waals surface area contributed by atoms with Crippen molar-refractivity contribution in [1.29, 1.82) is 0 Å². The Morgan fingerprint density at radius 2 is 1.89 bits per heavy atom. The quantitative estimate of drug-likeness (QED) is 0.353. The molecule has 0 saturated heterocycles. The number of rotatable bonds is 3. The van der Waals surface area contributed by atoms with Gasteiger partial charge in [-0.25, -0.2) is 19.7 Å². The fraction of sp³-hybridized carbons (Fsp3) is 0.231. The van der Waals surface area contributed by atoms with Crippen LogP contribution in [0.3, 0.4) is 0 Å². The molecule has 2 aliphatic rings. The number of nitrogens with zero attached hydrogens (tertiary/aromatic N) is 4. The molecule has 3 aromatic heterocycles. The number of carbonyl (C=O) groups is 1. The monoisotopic (exact) mass is 491 g/mol. The number of benzene rings is 1. The minimum atomic E-state index is -4.46. The topological polar surface area (TPSA) is 84.2 Å². The normalized spacial score (nSPS) is 18.7. The number of amides is 2. The fourth-order valence-electron chi connectivity index (χ4n) is 5.13. The summed E-state index contributed by atoms with van der Waals surface area (Å²) in [5, 5.41) is 2.85. The van der Waals surface area contributed by atoms with Crippen molar-refractivity contribution in [3.05, 3.63) is 78.3 Å². The van der Waals surface area contributed by atoms with Crippen molar-refractivity contribution < 1.29 is 22.4 Å². The van der Waals surface area contributed by atoms with E-state index in [9.17, 15) is 18.0 Å². The third-order valence-electron chi connectivity index (χ3n) is 6.72. The first kappa shape index (κ1) is 22.3. The maximum atomic E-state index is 13.5. The van der Waals surface area contributed by atoms with Crippen molar-refractivity contribution in [3.8, 4) is 22.7 Å². The molecule has 2 atom stereocenters. The van der Waals surface area contributed by atoms with E-state index in [0.29, 0.717) is 34.3 Å². The Kier molecular flexibility index (Phi) is 5.24. The molecule has 36 heavy (non-hydrogen) atoms. The number of nitrogens with one attached hydrogen (secondary N) is 1. The van der Waals surface area contributed by atoms with Gasteiger partial charge in [-0.3, -0.25) is 10.2 Å². The van der Waals surface area contributed by atoms with Gasteiger partial charge in [-0.1, -0.05) is 30.7 Å². The van der Waals surface area contributed by atoms with Gasteiger partial charge in [0.2, 0.25) is 0 Å². The number of hydrogen-bond acceptors (Lipinski definition) is 5. The van der Waals surface area contributed by atoms with E-state index in [1.807, 2.05) is 6.07 Å². The van der Waals surface area contributed by atoms with E-state index in [1.165, 1.54) is 18.7 Å². The van der Waals surface area contributed by atoms with Gasteiger partial charge in [0, 0.05) is 23.1 Å². The summed E-state index contributed by atoms with van der Waals surface area (Å²) in [6.45, 7) is 0. The second-order valence-corrected chi connectivity index (χ2v) is 8.87. The van der Waals surface area contributed by atoms with Gasteiger partial charge in [-0.15, -0.1) is 0 Å². The molecule has 6 rings (SSSR count). The molecular weight excluding hydrogens is 471 g/mol. The summed E-state index contributed by atoms with van der Waals surface area (Å²) < 4.78 is 45.1. The van der Waals surface area contributed by atoms with Crippen LogP contribution in [0.5, 0.6) is 0 Å². The molecule has 2 unspecified atom stereocenters. The Morgan fingerprint density at radius 3 is 2.69 bits per heavy atom. The average Bonchev–Trinajstić information content (AvgIpc) is 3.61. The van der Waals surface area contributed by atoms with Gasteiger partial charge in [0.25, 0.3) is 0 Å². The van der Waals surface area contributed by atoms with E-state index in [4.69, 9.17) is 4.42 Å². The van der Waals surface area contributed by atoms with E-state index in [0.717, 1.165) is 37.0 Å². The summed E-state index contributed by atoms with van der Waals surface area (Å²) in [6, 6.07) is 13.4. The number of pyridine rings is 2. The first-order valence-corrected chi connectivity index (χ1v) is 11.5. The van der Waals surface area contributed by atoms with Gasteiger partial charge in [0.05, 0.1) is 17.5 Å². The zero-order valence-corrected chi connectivity index (χ0v) is 18.9. The second-order valence-electron chi connectivity index (χ2n) is 8.87. The van der Waals surface area contributed by atoms with Gasteiger partial charge < -0.3 is 4.42 Å². The van der Waals surface area contributed by atoms with Crippen molar-refractivity contribution >= 4 is 17.7 Å². The predicted molar refractivity (Wildman–Crippen MR) is 126 cm³/mol. The molecule has 1 saturated carbocycles. The van der Waals surface area contributed by atoms with Crippen molar-refractivity contribution in [2.45, 2.75) is 37.4 Å². The van der Waals surface area contributed by atoms with Gasteiger partial charge in [-0.05, 0) is 43.2 Å². The molecule has 10 heteroatoms. The van der Waals surface area contributed by atoms with Gasteiger partial charge in [0.15, 0.2) is 12.2 Å². The minimum absolute atomic E-state index is 0.0679. The van der Waals surface area contributed by atoms with E-state index in [2.05, 4.69) is 20.3 Å². The predicted octanol–water partition coefficient (Wildman–Crippen LogP) is 6.51. The molecule has 7 nitrogen and oxygen atoms in total. The first-order chi connectivity index (χ1) is 17.4. The van der Waals surface area contributed by atoms with Crippen LogP contribution >= 0.6 is 0 Å². The number of oxazole rings is 1. The molecule has 1 fully saturated rings. The molecule has 0 spiro atoms. The lowest BCUT2D eigenvalue weighted by Crippen LogP contribution is -2.40. The van der Waals surface area contributed by atoms with Crippen LogP contribution in [0.25, 0.3) is 22.7 Å². The van der Waals surface area contributed by atoms with Gasteiger partial charge in [-0.2, -0.15) is 13.2 Å². The Hall–Kier alpha value is -4.21. The van der Waals surface area contributed by atoms with Crippen LogP contribution in [0, 0.1) is 0 Å². The van der Waals surface area contributed by atoms with Crippen LogP contribution < -0.4 is 10.2 Å². The Labute approximate surface area is 204 Å². The fourth-order valence-corrected chi connectivity index (χ4v) is 5.13. The van der Waals surface area contributed by atoms with Crippen LogP contribution in [0.15, 0.2) is 71.6 Å². The van der Waals surface area contributed by atoms with Gasteiger partial charge >= 0.3 is 12.2 Å².